The van der Waals surface area contributed by atoms with Crippen LogP contribution < -0.4 is 0 Å². The van der Waals surface area contributed by atoms with E-state index in [1.807, 2.05) is 0 Å². The van der Waals surface area contributed by atoms with Gasteiger partial charge in [0.2, 0.25) is 0 Å². The van der Waals surface area contributed by atoms with Gasteiger partial charge in [-0.3, -0.25) is 4.79 Å². The Labute approximate surface area is 85.3 Å². The molecule has 0 fully saturated rings. The summed E-state index contributed by atoms with van der Waals surface area (Å²) in [5.41, 5.74) is 0.453. The van der Waals surface area contributed by atoms with Gasteiger partial charge >= 0.3 is 5.97 Å². The molecule has 0 heterocycles. The molecule has 4 heteroatoms. The van der Waals surface area contributed by atoms with Crippen LogP contribution in [0.4, 0.5) is 0 Å². The first-order chi connectivity index (χ1) is 6.63. The van der Waals surface area contributed by atoms with Gasteiger partial charge in [0.1, 0.15) is 0 Å². The molecule has 3 nitrogen and oxygen atoms in total. The smallest absolute Gasteiger partial charge is 0.335 e. The molecule has 0 spiro atoms. The number of carboxylic acids is 1. The maximum atomic E-state index is 10.6. The number of aromatic carboxylic acids is 1. The Morgan fingerprint density at radius 3 is 2.71 bits per heavy atom. The van der Waals surface area contributed by atoms with Crippen LogP contribution in [0.5, 0.6) is 0 Å². The van der Waals surface area contributed by atoms with Crippen molar-refractivity contribution in [2.45, 2.75) is 0 Å². The average Bonchev–Trinajstić information content (AvgIpc) is 2.14. The van der Waals surface area contributed by atoms with Crippen molar-refractivity contribution < 1.29 is 14.7 Å². The van der Waals surface area contributed by atoms with Crippen LogP contribution in [0.15, 0.2) is 18.2 Å². The SMILES string of the molecule is O=CC#Cc1cc(Cl)cc(C(=O)O)c1. The van der Waals surface area contributed by atoms with Crippen LogP contribution in [0.1, 0.15) is 15.9 Å². The lowest BCUT2D eigenvalue weighted by Gasteiger charge is -1.96. The molecule has 0 atom stereocenters. The molecule has 0 saturated carbocycles. The van der Waals surface area contributed by atoms with E-state index >= 15 is 0 Å². The van der Waals surface area contributed by atoms with Crippen LogP contribution in [0.3, 0.4) is 0 Å². The number of rotatable bonds is 1. The van der Waals surface area contributed by atoms with Crippen LogP contribution >= 0.6 is 11.6 Å². The van der Waals surface area contributed by atoms with Crippen molar-refractivity contribution in [2.75, 3.05) is 0 Å². The Bertz CT molecular complexity index is 440. The second-order valence-corrected chi connectivity index (χ2v) is 2.86. The van der Waals surface area contributed by atoms with Crippen molar-refractivity contribution in [3.8, 4) is 11.8 Å². The summed E-state index contributed by atoms with van der Waals surface area (Å²) >= 11 is 5.65. The number of halogens is 1. The molecule has 0 unspecified atom stereocenters. The molecule has 0 saturated heterocycles. The van der Waals surface area contributed by atoms with Gasteiger partial charge in [-0.2, -0.15) is 0 Å². The van der Waals surface area contributed by atoms with Crippen LogP contribution in [0, 0.1) is 11.8 Å². The molecule has 14 heavy (non-hydrogen) atoms. The van der Waals surface area contributed by atoms with Gasteiger partial charge in [-0.15, -0.1) is 0 Å². The minimum Gasteiger partial charge on any atom is -0.478 e. The van der Waals surface area contributed by atoms with E-state index in [4.69, 9.17) is 16.7 Å². The van der Waals surface area contributed by atoms with E-state index in [0.717, 1.165) is 0 Å². The number of hydrogen-bond donors (Lipinski definition) is 1. The molecular weight excluding hydrogens is 204 g/mol. The summed E-state index contributed by atoms with van der Waals surface area (Å²) in [7, 11) is 0. The monoisotopic (exact) mass is 208 g/mol. The predicted molar refractivity (Wildman–Crippen MR) is 51.4 cm³/mol. The Balaban J connectivity index is 3.19. The topological polar surface area (TPSA) is 54.4 Å². The number of carbonyl (C=O) groups is 2. The number of hydrogen-bond acceptors (Lipinski definition) is 2. The lowest BCUT2D eigenvalue weighted by molar-refractivity contribution is -0.103. The van der Waals surface area contributed by atoms with Crippen molar-refractivity contribution in [1.29, 1.82) is 0 Å². The lowest BCUT2D eigenvalue weighted by atomic mass is 10.1. The lowest BCUT2D eigenvalue weighted by Crippen LogP contribution is -1.96. The van der Waals surface area contributed by atoms with Gasteiger partial charge in [0.25, 0.3) is 0 Å². The van der Waals surface area contributed by atoms with Gasteiger partial charge in [-0.25, -0.2) is 4.79 Å². The largest absolute Gasteiger partial charge is 0.478 e. The third-order valence-corrected chi connectivity index (χ3v) is 1.64. The van der Waals surface area contributed by atoms with Gasteiger partial charge in [0.15, 0.2) is 6.29 Å². The highest BCUT2D eigenvalue weighted by Gasteiger charge is 2.04. The van der Waals surface area contributed by atoms with Gasteiger partial charge in [-0.1, -0.05) is 17.5 Å². The third kappa shape index (κ3) is 2.61. The maximum absolute atomic E-state index is 10.6. The van der Waals surface area contributed by atoms with E-state index in [1.165, 1.54) is 18.2 Å². The summed E-state index contributed by atoms with van der Waals surface area (Å²) in [6, 6.07) is 4.16. The van der Waals surface area contributed by atoms with E-state index < -0.39 is 5.97 Å². The number of carbonyl (C=O) groups excluding carboxylic acids is 1. The van der Waals surface area contributed by atoms with Crippen molar-refractivity contribution in [3.05, 3.63) is 34.3 Å². The van der Waals surface area contributed by atoms with Crippen molar-refractivity contribution in [3.63, 3.8) is 0 Å². The third-order valence-electron chi connectivity index (χ3n) is 1.42. The molecule has 0 bridgehead atoms. The second-order valence-electron chi connectivity index (χ2n) is 2.42. The molecule has 0 radical (unpaired) electrons. The second kappa shape index (κ2) is 4.45. The fraction of sp³-hybridized carbons (Fsp3) is 0. The highest BCUT2D eigenvalue weighted by Crippen LogP contribution is 2.14. The van der Waals surface area contributed by atoms with E-state index in [-0.39, 0.29) is 10.6 Å². The summed E-state index contributed by atoms with van der Waals surface area (Å²) in [4.78, 5) is 20.6. The van der Waals surface area contributed by atoms with Gasteiger partial charge in [0, 0.05) is 10.6 Å². The molecule has 0 aliphatic rings. The molecule has 0 aliphatic carbocycles. The predicted octanol–water partition coefficient (Wildman–Crippen LogP) is 1.59. The standard InChI is InChI=1S/C10H5ClO3/c11-9-5-7(2-1-3-12)4-8(6-9)10(13)14/h3-6H,(H,13,14). The summed E-state index contributed by atoms with van der Waals surface area (Å²) < 4.78 is 0. The Morgan fingerprint density at radius 1 is 1.43 bits per heavy atom. The van der Waals surface area contributed by atoms with E-state index in [9.17, 15) is 9.59 Å². The van der Waals surface area contributed by atoms with Gasteiger partial charge in [-0.05, 0) is 24.1 Å². The summed E-state index contributed by atoms with van der Waals surface area (Å²) in [5, 5.41) is 8.96. The molecule has 0 aromatic heterocycles. The summed E-state index contributed by atoms with van der Waals surface area (Å²) in [5.74, 6) is 3.56. The van der Waals surface area contributed by atoms with Gasteiger partial charge < -0.3 is 5.11 Å². The summed E-state index contributed by atoms with van der Waals surface area (Å²) in [6.45, 7) is 0. The molecule has 1 aromatic rings. The van der Waals surface area contributed by atoms with Crippen LogP contribution in [0.25, 0.3) is 0 Å². The van der Waals surface area contributed by atoms with Crippen LogP contribution in [-0.4, -0.2) is 17.4 Å². The first kappa shape index (κ1) is 10.3. The Morgan fingerprint density at radius 2 is 2.14 bits per heavy atom. The van der Waals surface area contributed by atoms with E-state index in [0.29, 0.717) is 11.8 Å². The fourth-order valence-electron chi connectivity index (χ4n) is 0.898. The van der Waals surface area contributed by atoms with Gasteiger partial charge in [0.05, 0.1) is 5.56 Å². The highest BCUT2D eigenvalue weighted by molar-refractivity contribution is 6.31. The maximum Gasteiger partial charge on any atom is 0.335 e. The molecule has 1 aromatic carbocycles. The highest BCUT2D eigenvalue weighted by atomic mass is 35.5. The zero-order chi connectivity index (χ0) is 10.6. The van der Waals surface area contributed by atoms with Crippen LogP contribution in [-0.2, 0) is 4.79 Å². The van der Waals surface area contributed by atoms with Crippen molar-refractivity contribution in [1.82, 2.24) is 0 Å². The number of benzene rings is 1. The van der Waals surface area contributed by atoms with Crippen molar-refractivity contribution >= 4 is 23.9 Å². The summed E-state index contributed by atoms with van der Waals surface area (Å²) in [6.07, 6.45) is 0.432. The first-order valence-corrected chi connectivity index (χ1v) is 4.00. The molecule has 0 aliphatic heterocycles. The quantitative estimate of drug-likeness (QED) is 0.563. The minimum atomic E-state index is -1.08. The zero-order valence-corrected chi connectivity index (χ0v) is 7.71. The van der Waals surface area contributed by atoms with Crippen molar-refractivity contribution in [2.24, 2.45) is 0 Å². The molecule has 1 N–H and O–H groups in total. The number of aldehydes is 1. The molecular formula is C10H5ClO3. The molecule has 0 amide bonds. The van der Waals surface area contributed by atoms with Crippen LogP contribution in [0.2, 0.25) is 5.02 Å². The van der Waals surface area contributed by atoms with E-state index in [1.54, 1.807) is 0 Å². The zero-order valence-electron chi connectivity index (χ0n) is 6.95. The fourth-order valence-corrected chi connectivity index (χ4v) is 1.13. The Kier molecular flexibility index (Phi) is 3.27. The number of carboxylic acid groups (broad SMARTS) is 1. The first-order valence-electron chi connectivity index (χ1n) is 3.62. The molecule has 70 valence electrons. The minimum absolute atomic E-state index is 0.0488. The molecule has 1 rings (SSSR count). The normalized spacial score (nSPS) is 8.64. The average molecular weight is 209 g/mol. The Hall–Kier alpha value is -1.79. The van der Waals surface area contributed by atoms with E-state index in [2.05, 4.69) is 11.8 Å².